The van der Waals surface area contributed by atoms with Crippen molar-refractivity contribution in [2.24, 2.45) is 0 Å². The van der Waals surface area contributed by atoms with Gasteiger partial charge in [-0.2, -0.15) is 13.2 Å². The molecule has 0 saturated carbocycles. The Bertz CT molecular complexity index is 1570. The maximum atomic E-state index is 15.2. The summed E-state index contributed by atoms with van der Waals surface area (Å²) in [6.45, 7) is 1.74. The molecular weight excluding hydrogens is 516 g/mol. The first-order valence-corrected chi connectivity index (χ1v) is 12.6. The van der Waals surface area contributed by atoms with E-state index in [1.165, 1.54) is 30.6 Å². The third-order valence-electron chi connectivity index (χ3n) is 5.59. The first-order chi connectivity index (χ1) is 17.4. The monoisotopic (exact) mass is 535 g/mol. The Morgan fingerprint density at radius 1 is 1.08 bits per heavy atom. The topological polar surface area (TPSA) is 119 Å². The molecule has 0 fully saturated rings. The van der Waals surface area contributed by atoms with Crippen LogP contribution in [0.4, 0.5) is 23.2 Å². The molecule has 0 aliphatic heterocycles. The van der Waals surface area contributed by atoms with Gasteiger partial charge < -0.3 is 14.7 Å². The van der Waals surface area contributed by atoms with Crippen LogP contribution in [-0.4, -0.2) is 34.9 Å². The molecule has 37 heavy (non-hydrogen) atoms. The first-order valence-electron chi connectivity index (χ1n) is 11.0. The summed E-state index contributed by atoms with van der Waals surface area (Å²) in [5.74, 6) is -2.62. The molecule has 0 unspecified atom stereocenters. The zero-order chi connectivity index (χ0) is 27.0. The normalized spacial score (nSPS) is 12.2. The van der Waals surface area contributed by atoms with Crippen molar-refractivity contribution in [2.75, 3.05) is 10.2 Å². The van der Waals surface area contributed by atoms with Gasteiger partial charge >= 0.3 is 6.18 Å². The van der Waals surface area contributed by atoms with Crippen molar-refractivity contribution < 1.29 is 30.8 Å². The molecule has 4 aromatic rings. The van der Waals surface area contributed by atoms with Gasteiger partial charge in [0, 0.05) is 40.7 Å². The van der Waals surface area contributed by atoms with Crippen molar-refractivity contribution in [2.45, 2.75) is 25.9 Å². The highest BCUT2D eigenvalue weighted by atomic mass is 32.2. The fourth-order valence-corrected chi connectivity index (χ4v) is 4.88. The van der Waals surface area contributed by atoms with Crippen molar-refractivity contribution in [3.63, 3.8) is 0 Å². The minimum absolute atomic E-state index is 0.0356. The van der Waals surface area contributed by atoms with Gasteiger partial charge in [0.05, 0.1) is 17.0 Å². The molecule has 1 aromatic carbocycles. The number of carbonyl (C=O) groups is 1. The number of unbranched alkanes of at least 4 members (excludes halogenated alkanes) is 1. The van der Waals surface area contributed by atoms with Gasteiger partial charge in [-0.05, 0) is 30.7 Å². The number of ketones is 1. The Hall–Kier alpha value is -3.84. The fraction of sp³-hybridized carbons (Fsp3) is 0.208. The summed E-state index contributed by atoms with van der Waals surface area (Å²) in [5, 5.41) is 12.7. The number of carbonyl (C=O) groups excluding carboxylic acids is 1. The van der Waals surface area contributed by atoms with Gasteiger partial charge in [-0.25, -0.2) is 17.8 Å². The van der Waals surface area contributed by atoms with Crippen LogP contribution in [0.25, 0.3) is 22.2 Å². The molecule has 1 N–H and O–H groups in total. The molecular formula is C24H19F4N4O4S-. The number of nitrogens with one attached hydrogen (secondary N) is 1. The van der Waals surface area contributed by atoms with Crippen LogP contribution in [0.3, 0.4) is 0 Å². The lowest BCUT2D eigenvalue weighted by Crippen LogP contribution is -2.28. The van der Waals surface area contributed by atoms with Crippen LogP contribution in [0.2, 0.25) is 0 Å². The highest BCUT2D eigenvalue weighted by Gasteiger charge is 2.32. The molecule has 0 amide bonds. The second kappa shape index (κ2) is 9.90. The van der Waals surface area contributed by atoms with Crippen molar-refractivity contribution in [3.05, 3.63) is 82.8 Å². The molecule has 8 nitrogen and oxygen atoms in total. The standard InChI is InChI=1S/C24H19F4N4O4S/c1-2-3-9-37(35,36)32(34)19-6-4-5-16(21(19)25)22(33)18-13-31-23-17(18)10-15(12-30-23)14-7-8-20(29-11-14)24(26,27)28/h4-8,10-13H,2-3,9H2,1H3,(H,30,31)/q-1. The smallest absolute Gasteiger partial charge is 0.433 e. The molecule has 0 aliphatic carbocycles. The van der Waals surface area contributed by atoms with Gasteiger partial charge in [-0.15, -0.1) is 0 Å². The minimum Gasteiger partial charge on any atom is -0.744 e. The van der Waals surface area contributed by atoms with Crippen LogP contribution in [-0.2, 0) is 16.2 Å². The molecule has 0 radical (unpaired) electrons. The molecule has 13 heteroatoms. The summed E-state index contributed by atoms with van der Waals surface area (Å²) in [7, 11) is -4.34. The van der Waals surface area contributed by atoms with Crippen molar-refractivity contribution >= 4 is 32.5 Å². The maximum Gasteiger partial charge on any atom is 0.433 e. The van der Waals surface area contributed by atoms with Crippen molar-refractivity contribution in [1.29, 1.82) is 0 Å². The van der Waals surface area contributed by atoms with Crippen LogP contribution >= 0.6 is 0 Å². The largest absolute Gasteiger partial charge is 0.744 e. The second-order valence-corrected chi connectivity index (χ2v) is 10.0. The quantitative estimate of drug-likeness (QED) is 0.182. The van der Waals surface area contributed by atoms with Crippen LogP contribution in [0.1, 0.15) is 41.4 Å². The number of halogens is 4. The Morgan fingerprint density at radius 2 is 1.81 bits per heavy atom. The van der Waals surface area contributed by atoms with E-state index >= 15 is 4.39 Å². The van der Waals surface area contributed by atoms with Crippen LogP contribution in [0, 0.1) is 11.0 Å². The van der Waals surface area contributed by atoms with Gasteiger partial charge in [0.15, 0.2) is 11.6 Å². The Balaban J connectivity index is 1.71. The Kier molecular flexibility index (Phi) is 7.02. The summed E-state index contributed by atoms with van der Waals surface area (Å²) in [4.78, 5) is 23.6. The van der Waals surface area contributed by atoms with Crippen LogP contribution in [0.5, 0.6) is 0 Å². The number of rotatable bonds is 8. The third-order valence-corrected chi connectivity index (χ3v) is 7.10. The number of fused-ring (bicyclic) bond motifs is 1. The van der Waals surface area contributed by atoms with E-state index < -0.39 is 55.0 Å². The van der Waals surface area contributed by atoms with E-state index in [0.29, 0.717) is 17.5 Å². The van der Waals surface area contributed by atoms with E-state index in [-0.39, 0.29) is 23.0 Å². The molecule has 4 rings (SSSR count). The molecule has 0 bridgehead atoms. The van der Waals surface area contributed by atoms with Crippen molar-refractivity contribution in [1.82, 2.24) is 15.0 Å². The van der Waals surface area contributed by atoms with Crippen LogP contribution in [0.15, 0.2) is 55.0 Å². The Morgan fingerprint density at radius 3 is 2.46 bits per heavy atom. The predicted molar refractivity (Wildman–Crippen MR) is 129 cm³/mol. The zero-order valence-corrected chi connectivity index (χ0v) is 20.0. The Labute approximate surface area is 208 Å². The number of anilines is 1. The van der Waals surface area contributed by atoms with Crippen LogP contribution < -0.4 is 4.47 Å². The molecule has 0 saturated heterocycles. The number of sulfonamides is 1. The highest BCUT2D eigenvalue weighted by molar-refractivity contribution is 7.92. The molecule has 0 spiro atoms. The van der Waals surface area contributed by atoms with Crippen molar-refractivity contribution in [3.8, 4) is 11.1 Å². The number of H-pyrrole nitrogens is 1. The lowest BCUT2D eigenvalue weighted by Gasteiger charge is -2.30. The van der Waals surface area contributed by atoms with Gasteiger partial charge in [0.2, 0.25) is 10.0 Å². The average Bonchev–Trinajstić information content (AvgIpc) is 3.30. The van der Waals surface area contributed by atoms with Gasteiger partial charge in [0.1, 0.15) is 11.3 Å². The zero-order valence-electron chi connectivity index (χ0n) is 19.2. The van der Waals surface area contributed by atoms with E-state index in [4.69, 9.17) is 0 Å². The van der Waals surface area contributed by atoms with E-state index in [0.717, 1.165) is 24.4 Å². The summed E-state index contributed by atoms with van der Waals surface area (Å²) < 4.78 is 77.8. The summed E-state index contributed by atoms with van der Waals surface area (Å²) in [6.07, 6.45) is -0.226. The third kappa shape index (κ3) is 5.18. The SMILES string of the molecule is CCCCS(=O)(=O)N([O-])c1cccc(C(=O)c2c[nH]c3ncc(-c4ccc(C(F)(F)F)nc4)cc23)c1F. The first kappa shape index (κ1) is 26.2. The van der Waals surface area contributed by atoms with Gasteiger partial charge in [-0.1, -0.05) is 25.5 Å². The van der Waals surface area contributed by atoms with E-state index in [1.807, 2.05) is 0 Å². The summed E-state index contributed by atoms with van der Waals surface area (Å²) in [5.41, 5.74) is -1.55. The number of hydrogen-bond acceptors (Lipinski definition) is 6. The van der Waals surface area contributed by atoms with Gasteiger partial charge in [-0.3, -0.25) is 9.78 Å². The lowest BCUT2D eigenvalue weighted by atomic mass is 10.0. The molecule has 3 heterocycles. The molecule has 0 aliphatic rings. The number of aromatic nitrogens is 3. The fourth-order valence-electron chi connectivity index (χ4n) is 3.62. The molecule has 0 atom stereocenters. The summed E-state index contributed by atoms with van der Waals surface area (Å²) >= 11 is 0. The van der Waals surface area contributed by atoms with Gasteiger partial charge in [0.25, 0.3) is 0 Å². The lowest BCUT2D eigenvalue weighted by molar-refractivity contribution is -0.141. The predicted octanol–water partition coefficient (Wildman–Crippen LogP) is 5.45. The van der Waals surface area contributed by atoms with E-state index in [9.17, 15) is 31.6 Å². The second-order valence-electron chi connectivity index (χ2n) is 8.12. The number of aromatic amines is 1. The number of nitrogens with zero attached hydrogens (tertiary/aromatic N) is 3. The number of pyridine rings is 2. The summed E-state index contributed by atoms with van der Waals surface area (Å²) in [6, 6.07) is 6.77. The number of hydrogen-bond donors (Lipinski definition) is 1. The minimum atomic E-state index is -4.60. The molecule has 3 aromatic heterocycles. The highest BCUT2D eigenvalue weighted by Crippen LogP contribution is 2.31. The maximum absolute atomic E-state index is 15.2. The molecule has 194 valence electrons. The average molecular weight is 535 g/mol. The van der Waals surface area contributed by atoms with E-state index in [1.54, 1.807) is 6.92 Å². The number of alkyl halides is 3. The number of benzene rings is 1. The van der Waals surface area contributed by atoms with E-state index in [2.05, 4.69) is 15.0 Å².